The summed E-state index contributed by atoms with van der Waals surface area (Å²) in [4.78, 5) is 21.4. The van der Waals surface area contributed by atoms with Crippen LogP contribution in [0, 0.1) is 5.92 Å². The first kappa shape index (κ1) is 18.2. The third-order valence-electron chi connectivity index (χ3n) is 4.20. The number of allylic oxidation sites excluding steroid dienone is 1. The van der Waals surface area contributed by atoms with E-state index in [4.69, 9.17) is 14.6 Å². The van der Waals surface area contributed by atoms with Gasteiger partial charge in [-0.2, -0.15) is 0 Å². The monoisotopic (exact) mass is 335 g/mol. The van der Waals surface area contributed by atoms with Gasteiger partial charge in [-0.1, -0.05) is 6.08 Å². The van der Waals surface area contributed by atoms with Gasteiger partial charge in [0.1, 0.15) is 12.4 Å². The summed E-state index contributed by atoms with van der Waals surface area (Å²) >= 11 is 0. The Bertz CT molecular complexity index is 544. The molecule has 0 bridgehead atoms. The number of hydrogen-bond acceptors (Lipinski definition) is 6. The second-order valence-corrected chi connectivity index (χ2v) is 5.92. The summed E-state index contributed by atoms with van der Waals surface area (Å²) in [5.41, 5.74) is 0. The molecule has 0 saturated carbocycles. The maximum absolute atomic E-state index is 11.0. The third kappa shape index (κ3) is 5.49. The zero-order valence-corrected chi connectivity index (χ0v) is 14.1. The number of rotatable bonds is 9. The molecule has 1 N–H and O–H groups in total. The Kier molecular flexibility index (Phi) is 6.99. The maximum Gasteiger partial charge on any atom is 0.306 e. The largest absolute Gasteiger partial charge is 0.481 e. The van der Waals surface area contributed by atoms with E-state index in [2.05, 4.69) is 21.4 Å². The summed E-state index contributed by atoms with van der Waals surface area (Å²) < 4.78 is 11.1. The van der Waals surface area contributed by atoms with Crippen LogP contribution in [0.1, 0.15) is 25.7 Å². The van der Waals surface area contributed by atoms with Crippen molar-refractivity contribution < 1.29 is 19.4 Å². The Morgan fingerprint density at radius 1 is 1.46 bits per heavy atom. The lowest BCUT2D eigenvalue weighted by Gasteiger charge is -2.32. The van der Waals surface area contributed by atoms with Gasteiger partial charge < -0.3 is 14.6 Å². The van der Waals surface area contributed by atoms with Crippen molar-refractivity contribution in [1.29, 1.82) is 0 Å². The van der Waals surface area contributed by atoms with Crippen LogP contribution in [-0.2, 0) is 4.79 Å². The molecule has 0 radical (unpaired) electrons. The summed E-state index contributed by atoms with van der Waals surface area (Å²) in [7, 11) is 1.55. The van der Waals surface area contributed by atoms with Gasteiger partial charge in [0.05, 0.1) is 19.1 Å². The van der Waals surface area contributed by atoms with E-state index < -0.39 is 5.97 Å². The molecule has 7 heteroatoms. The lowest BCUT2D eigenvalue weighted by molar-refractivity contribution is -0.143. The van der Waals surface area contributed by atoms with Crippen LogP contribution in [0.5, 0.6) is 11.8 Å². The Morgan fingerprint density at radius 2 is 2.17 bits per heavy atom. The topological polar surface area (TPSA) is 84.8 Å². The summed E-state index contributed by atoms with van der Waals surface area (Å²) in [6, 6.07) is 1.66. The first-order chi connectivity index (χ1) is 11.6. The number of carboxylic acids is 1. The second kappa shape index (κ2) is 9.22. The number of carboxylic acid groups (broad SMARTS) is 1. The standard InChI is InChI=1S/C17H25N3O4/c1-3-4-5-14(24-16-10-15(23-2)18-12-19-16)11-20-8-6-13(7-9-20)17(21)22/h3,10,12-14H,1,4-9,11H2,2H3,(H,21,22). The molecule has 1 fully saturated rings. The van der Waals surface area contributed by atoms with E-state index in [0.29, 0.717) is 24.6 Å². The molecular weight excluding hydrogens is 310 g/mol. The first-order valence-electron chi connectivity index (χ1n) is 8.21. The minimum atomic E-state index is -0.692. The van der Waals surface area contributed by atoms with Gasteiger partial charge >= 0.3 is 5.97 Å². The van der Waals surface area contributed by atoms with Crippen LogP contribution < -0.4 is 9.47 Å². The molecule has 1 atom stereocenters. The van der Waals surface area contributed by atoms with Crippen LogP contribution in [0.3, 0.4) is 0 Å². The van der Waals surface area contributed by atoms with Crippen LogP contribution in [0.25, 0.3) is 0 Å². The van der Waals surface area contributed by atoms with Crippen LogP contribution in [-0.4, -0.2) is 58.8 Å². The van der Waals surface area contributed by atoms with Gasteiger partial charge in [-0.25, -0.2) is 9.97 Å². The van der Waals surface area contributed by atoms with Crippen molar-refractivity contribution in [3.63, 3.8) is 0 Å². The number of piperidine rings is 1. The molecule has 0 spiro atoms. The molecule has 1 saturated heterocycles. The fraction of sp³-hybridized carbons (Fsp3) is 0.588. The molecule has 2 heterocycles. The molecule has 1 aliphatic rings. The van der Waals surface area contributed by atoms with E-state index in [9.17, 15) is 4.79 Å². The van der Waals surface area contributed by atoms with E-state index in [0.717, 1.165) is 32.5 Å². The Hall–Kier alpha value is -2.15. The van der Waals surface area contributed by atoms with Crippen LogP contribution >= 0.6 is 0 Å². The molecule has 24 heavy (non-hydrogen) atoms. The number of ether oxygens (including phenoxy) is 2. The van der Waals surface area contributed by atoms with Crippen molar-refractivity contribution in [3.8, 4) is 11.8 Å². The number of nitrogens with zero attached hydrogens (tertiary/aromatic N) is 3. The maximum atomic E-state index is 11.0. The number of carbonyl (C=O) groups is 1. The first-order valence-corrected chi connectivity index (χ1v) is 8.21. The molecule has 7 nitrogen and oxygen atoms in total. The average Bonchev–Trinajstić information content (AvgIpc) is 2.60. The fourth-order valence-corrected chi connectivity index (χ4v) is 2.81. The average molecular weight is 335 g/mol. The lowest BCUT2D eigenvalue weighted by atomic mass is 9.97. The zero-order valence-electron chi connectivity index (χ0n) is 14.1. The molecule has 0 amide bonds. The highest BCUT2D eigenvalue weighted by Gasteiger charge is 2.26. The van der Waals surface area contributed by atoms with Crippen molar-refractivity contribution in [3.05, 3.63) is 25.0 Å². The smallest absolute Gasteiger partial charge is 0.306 e. The van der Waals surface area contributed by atoms with Gasteiger partial charge in [-0.3, -0.25) is 9.69 Å². The zero-order chi connectivity index (χ0) is 17.4. The Labute approximate surface area is 142 Å². The van der Waals surface area contributed by atoms with E-state index in [1.54, 1.807) is 13.2 Å². The van der Waals surface area contributed by atoms with Gasteiger partial charge in [-0.15, -0.1) is 6.58 Å². The Morgan fingerprint density at radius 3 is 2.79 bits per heavy atom. The van der Waals surface area contributed by atoms with Crippen molar-refractivity contribution in [1.82, 2.24) is 14.9 Å². The normalized spacial score (nSPS) is 17.2. The minimum absolute atomic E-state index is 0.0380. The quantitative estimate of drug-likeness (QED) is 0.691. The van der Waals surface area contributed by atoms with Crippen LogP contribution in [0.15, 0.2) is 25.0 Å². The molecule has 1 aromatic rings. The van der Waals surface area contributed by atoms with E-state index in [-0.39, 0.29) is 12.0 Å². The van der Waals surface area contributed by atoms with Gasteiger partial charge in [-0.05, 0) is 38.8 Å². The molecule has 0 aromatic carbocycles. The highest BCUT2D eigenvalue weighted by molar-refractivity contribution is 5.70. The Balaban J connectivity index is 1.92. The number of likely N-dealkylation sites (tertiary alicyclic amines) is 1. The summed E-state index contributed by atoms with van der Waals surface area (Å²) in [6.07, 6.45) is 6.29. The molecule has 2 rings (SSSR count). The molecule has 1 unspecified atom stereocenters. The molecular formula is C17H25N3O4. The van der Waals surface area contributed by atoms with Gasteiger partial charge in [0.25, 0.3) is 0 Å². The number of aromatic nitrogens is 2. The molecule has 132 valence electrons. The predicted octanol–water partition coefficient (Wildman–Crippen LogP) is 2.00. The van der Waals surface area contributed by atoms with Gasteiger partial charge in [0.2, 0.25) is 11.8 Å². The minimum Gasteiger partial charge on any atom is -0.481 e. The SMILES string of the molecule is C=CCCC(CN1CCC(C(=O)O)CC1)Oc1cc(OC)ncn1. The van der Waals surface area contributed by atoms with E-state index in [1.165, 1.54) is 6.33 Å². The predicted molar refractivity (Wildman–Crippen MR) is 89.2 cm³/mol. The van der Waals surface area contributed by atoms with Crippen LogP contribution in [0.2, 0.25) is 0 Å². The summed E-state index contributed by atoms with van der Waals surface area (Å²) in [5, 5.41) is 9.09. The van der Waals surface area contributed by atoms with Crippen molar-refractivity contribution in [2.24, 2.45) is 5.92 Å². The molecule has 1 aromatic heterocycles. The number of aliphatic carboxylic acids is 1. The van der Waals surface area contributed by atoms with Crippen molar-refractivity contribution in [2.75, 3.05) is 26.7 Å². The second-order valence-electron chi connectivity index (χ2n) is 5.92. The highest BCUT2D eigenvalue weighted by atomic mass is 16.5. The van der Waals surface area contributed by atoms with E-state index >= 15 is 0 Å². The fourth-order valence-electron chi connectivity index (χ4n) is 2.81. The van der Waals surface area contributed by atoms with Crippen molar-refractivity contribution in [2.45, 2.75) is 31.8 Å². The molecule has 0 aliphatic carbocycles. The highest BCUT2D eigenvalue weighted by Crippen LogP contribution is 2.20. The van der Waals surface area contributed by atoms with E-state index in [1.807, 2.05) is 6.08 Å². The summed E-state index contributed by atoms with van der Waals surface area (Å²) in [6.45, 7) is 6.06. The van der Waals surface area contributed by atoms with Gasteiger partial charge in [0.15, 0.2) is 0 Å². The lowest BCUT2D eigenvalue weighted by Crippen LogP contribution is -2.42. The van der Waals surface area contributed by atoms with Crippen LogP contribution in [0.4, 0.5) is 0 Å². The van der Waals surface area contributed by atoms with Crippen molar-refractivity contribution >= 4 is 5.97 Å². The van der Waals surface area contributed by atoms with Gasteiger partial charge in [0, 0.05) is 6.54 Å². The molecule has 1 aliphatic heterocycles. The summed E-state index contributed by atoms with van der Waals surface area (Å²) in [5.74, 6) is 0.0307. The third-order valence-corrected chi connectivity index (χ3v) is 4.20. The number of methoxy groups -OCH3 is 1. The number of hydrogen-bond donors (Lipinski definition) is 1.